The number of fused-ring (bicyclic) bond motifs is 2. The van der Waals surface area contributed by atoms with Gasteiger partial charge in [-0.25, -0.2) is 8.42 Å². The molecule has 3 aromatic rings. The molecule has 0 aliphatic carbocycles. The summed E-state index contributed by atoms with van der Waals surface area (Å²) in [6, 6.07) is 5.49. The van der Waals surface area contributed by atoms with Gasteiger partial charge in [0, 0.05) is 27.0 Å². The van der Waals surface area contributed by atoms with Gasteiger partial charge < -0.3 is 8.83 Å². The Hall–Kier alpha value is -1.46. The average molecular weight is 299 g/mol. The molecule has 0 fully saturated rings. The second-order valence-corrected chi connectivity index (χ2v) is 7.36. The summed E-state index contributed by atoms with van der Waals surface area (Å²) in [5.41, 5.74) is 1.74. The lowest BCUT2D eigenvalue weighted by atomic mass is 10.1. The Morgan fingerprint density at radius 1 is 1.11 bits per heavy atom. The predicted octanol–water partition coefficient (Wildman–Crippen LogP) is 3.86. The van der Waals surface area contributed by atoms with Gasteiger partial charge in [-0.2, -0.15) is 0 Å². The summed E-state index contributed by atoms with van der Waals surface area (Å²) in [5, 5.41) is 1.54. The van der Waals surface area contributed by atoms with Crippen molar-refractivity contribution in [1.29, 1.82) is 0 Å². The van der Waals surface area contributed by atoms with E-state index in [2.05, 4.69) is 0 Å². The van der Waals surface area contributed by atoms with Crippen molar-refractivity contribution in [3.8, 4) is 0 Å². The largest absolute Gasteiger partial charge is 0.461 e. The highest BCUT2D eigenvalue weighted by atomic mass is 35.7. The molecule has 1 aromatic carbocycles. The van der Waals surface area contributed by atoms with E-state index in [1.54, 1.807) is 6.07 Å². The fourth-order valence-corrected chi connectivity index (χ4v) is 3.29. The number of aryl methyl sites for hydroxylation is 2. The van der Waals surface area contributed by atoms with Crippen LogP contribution in [0, 0.1) is 13.8 Å². The van der Waals surface area contributed by atoms with Crippen molar-refractivity contribution >= 4 is 41.7 Å². The topological polar surface area (TPSA) is 60.4 Å². The highest BCUT2D eigenvalue weighted by molar-refractivity contribution is 8.13. The lowest BCUT2D eigenvalue weighted by Crippen LogP contribution is -1.96. The van der Waals surface area contributed by atoms with Gasteiger partial charge in [0.2, 0.25) is 9.05 Å². The van der Waals surface area contributed by atoms with Crippen LogP contribution in [-0.4, -0.2) is 8.42 Å². The number of halogens is 1. The fourth-order valence-electron chi connectivity index (χ4n) is 2.33. The standard InChI is InChI=1S/C13H11ClO4S/c1-7-3-9-5-12-10(4-8(2)17-12)11(13(9)18-7)6-19(14,15)16/h3-5H,6H2,1-2H3. The van der Waals surface area contributed by atoms with Crippen LogP contribution in [0.2, 0.25) is 0 Å². The van der Waals surface area contributed by atoms with E-state index in [1.165, 1.54) is 0 Å². The van der Waals surface area contributed by atoms with Crippen LogP contribution in [-0.2, 0) is 14.8 Å². The number of furan rings is 2. The van der Waals surface area contributed by atoms with Crippen LogP contribution in [0.25, 0.3) is 21.9 Å². The highest BCUT2D eigenvalue weighted by Gasteiger charge is 2.19. The molecular weight excluding hydrogens is 288 g/mol. The van der Waals surface area contributed by atoms with Crippen molar-refractivity contribution in [3.63, 3.8) is 0 Å². The molecule has 0 bridgehead atoms. The zero-order valence-corrected chi connectivity index (χ0v) is 11.9. The Morgan fingerprint density at radius 3 is 2.47 bits per heavy atom. The van der Waals surface area contributed by atoms with Crippen LogP contribution in [0.15, 0.2) is 27.0 Å². The first-order valence-corrected chi connectivity index (χ1v) is 8.16. The van der Waals surface area contributed by atoms with Crippen molar-refractivity contribution in [3.05, 3.63) is 35.3 Å². The van der Waals surface area contributed by atoms with Crippen LogP contribution in [0.1, 0.15) is 17.1 Å². The Labute approximate surface area is 114 Å². The monoisotopic (exact) mass is 298 g/mol. The first-order chi connectivity index (χ1) is 8.83. The summed E-state index contributed by atoms with van der Waals surface area (Å²) in [6.07, 6.45) is 0. The zero-order chi connectivity index (χ0) is 13.8. The molecule has 0 N–H and O–H groups in total. The summed E-state index contributed by atoms with van der Waals surface area (Å²) < 4.78 is 33.9. The third-order valence-electron chi connectivity index (χ3n) is 2.97. The Kier molecular flexibility index (Phi) is 2.66. The van der Waals surface area contributed by atoms with Gasteiger partial charge in [0.1, 0.15) is 22.7 Å². The van der Waals surface area contributed by atoms with Crippen LogP contribution >= 0.6 is 10.7 Å². The van der Waals surface area contributed by atoms with Crippen molar-refractivity contribution in [2.45, 2.75) is 19.6 Å². The summed E-state index contributed by atoms with van der Waals surface area (Å²) >= 11 is 0. The smallest absolute Gasteiger partial charge is 0.236 e. The lowest BCUT2D eigenvalue weighted by molar-refractivity contribution is 0.573. The minimum atomic E-state index is -3.67. The normalized spacial score (nSPS) is 12.6. The van der Waals surface area contributed by atoms with Gasteiger partial charge in [0.05, 0.1) is 5.75 Å². The molecule has 0 unspecified atom stereocenters. The maximum atomic E-state index is 11.4. The third-order valence-corrected chi connectivity index (χ3v) is 3.93. The maximum Gasteiger partial charge on any atom is 0.236 e. The van der Waals surface area contributed by atoms with Crippen molar-refractivity contribution in [1.82, 2.24) is 0 Å². The number of hydrogen-bond donors (Lipinski definition) is 0. The second-order valence-electron chi connectivity index (χ2n) is 4.58. The van der Waals surface area contributed by atoms with E-state index in [-0.39, 0.29) is 5.75 Å². The number of hydrogen-bond acceptors (Lipinski definition) is 4. The molecule has 0 atom stereocenters. The Balaban J connectivity index is 2.44. The van der Waals surface area contributed by atoms with Crippen molar-refractivity contribution < 1.29 is 17.3 Å². The molecule has 0 aliphatic rings. The van der Waals surface area contributed by atoms with E-state index >= 15 is 0 Å². The molecule has 6 heteroatoms. The first-order valence-electron chi connectivity index (χ1n) is 5.68. The molecule has 3 rings (SSSR count). The number of benzene rings is 1. The number of rotatable bonds is 2. The van der Waals surface area contributed by atoms with Gasteiger partial charge in [-0.05, 0) is 32.0 Å². The van der Waals surface area contributed by atoms with E-state index in [0.717, 1.165) is 10.8 Å². The van der Waals surface area contributed by atoms with Crippen molar-refractivity contribution in [2.24, 2.45) is 0 Å². The van der Waals surface area contributed by atoms with Crippen molar-refractivity contribution in [2.75, 3.05) is 0 Å². The minimum absolute atomic E-state index is 0.283. The molecule has 4 nitrogen and oxygen atoms in total. The molecule has 0 spiro atoms. The maximum absolute atomic E-state index is 11.4. The molecule has 100 valence electrons. The Bertz CT molecular complexity index is 832. The summed E-state index contributed by atoms with van der Waals surface area (Å²) in [6.45, 7) is 3.62. The minimum Gasteiger partial charge on any atom is -0.461 e. The van der Waals surface area contributed by atoms with E-state index in [1.807, 2.05) is 26.0 Å². The molecular formula is C13H11ClO4S. The van der Waals surface area contributed by atoms with Gasteiger partial charge in [0.15, 0.2) is 0 Å². The average Bonchev–Trinajstić information content (AvgIpc) is 2.78. The Morgan fingerprint density at radius 2 is 1.79 bits per heavy atom. The molecule has 19 heavy (non-hydrogen) atoms. The summed E-state index contributed by atoms with van der Waals surface area (Å²) in [4.78, 5) is 0. The SMILES string of the molecule is Cc1cc2c(CS(=O)(=O)Cl)c3oc(C)cc3cc2o1. The van der Waals surface area contributed by atoms with Crippen LogP contribution in [0.4, 0.5) is 0 Å². The first kappa shape index (κ1) is 12.6. The molecule has 0 saturated carbocycles. The summed E-state index contributed by atoms with van der Waals surface area (Å²) in [5.74, 6) is 1.15. The van der Waals surface area contributed by atoms with Gasteiger partial charge in [-0.1, -0.05) is 0 Å². The van der Waals surface area contributed by atoms with E-state index in [9.17, 15) is 8.42 Å². The fraction of sp³-hybridized carbons (Fsp3) is 0.231. The molecule has 0 saturated heterocycles. The second kappa shape index (κ2) is 4.02. The molecule has 0 amide bonds. The highest BCUT2D eigenvalue weighted by Crippen LogP contribution is 2.34. The third kappa shape index (κ3) is 2.24. The lowest BCUT2D eigenvalue weighted by Gasteiger charge is -2.01. The van der Waals surface area contributed by atoms with Crippen LogP contribution in [0.3, 0.4) is 0 Å². The van der Waals surface area contributed by atoms with E-state index in [0.29, 0.717) is 28.2 Å². The van der Waals surface area contributed by atoms with Gasteiger partial charge in [-0.15, -0.1) is 0 Å². The van der Waals surface area contributed by atoms with Gasteiger partial charge >= 0.3 is 0 Å². The molecule has 2 heterocycles. The van der Waals surface area contributed by atoms with Crippen LogP contribution < -0.4 is 0 Å². The molecule has 0 aliphatic heterocycles. The summed E-state index contributed by atoms with van der Waals surface area (Å²) in [7, 11) is 1.71. The predicted molar refractivity (Wildman–Crippen MR) is 73.9 cm³/mol. The van der Waals surface area contributed by atoms with Gasteiger partial charge in [0.25, 0.3) is 0 Å². The van der Waals surface area contributed by atoms with Gasteiger partial charge in [-0.3, -0.25) is 0 Å². The molecule has 2 aromatic heterocycles. The quantitative estimate of drug-likeness (QED) is 0.674. The molecule has 0 radical (unpaired) electrons. The van der Waals surface area contributed by atoms with Crippen LogP contribution in [0.5, 0.6) is 0 Å². The van der Waals surface area contributed by atoms with E-state index < -0.39 is 9.05 Å². The zero-order valence-electron chi connectivity index (χ0n) is 10.4. The van der Waals surface area contributed by atoms with E-state index in [4.69, 9.17) is 19.5 Å².